The summed E-state index contributed by atoms with van der Waals surface area (Å²) in [5.41, 5.74) is 8.23. The number of fused-ring (bicyclic) bond motifs is 3. The number of amidine groups is 2. The zero-order valence-corrected chi connectivity index (χ0v) is 24.9. The molecule has 1 N–H and O–H groups in total. The predicted octanol–water partition coefficient (Wildman–Crippen LogP) is 8.01. The van der Waals surface area contributed by atoms with Gasteiger partial charge >= 0.3 is 0 Å². The van der Waals surface area contributed by atoms with Gasteiger partial charge in [-0.3, -0.25) is 4.99 Å². The first kappa shape index (κ1) is 26.3. The highest BCUT2D eigenvalue weighted by Gasteiger charge is 2.48. The van der Waals surface area contributed by atoms with Crippen LogP contribution >= 0.6 is 0 Å². The number of benzene rings is 1. The maximum Gasteiger partial charge on any atom is 0.150 e. The first-order chi connectivity index (χ1) is 21.1. The number of rotatable bonds is 5. The first-order valence-electron chi connectivity index (χ1n) is 15.8. The van der Waals surface area contributed by atoms with Crippen molar-refractivity contribution < 1.29 is 0 Å². The molecule has 6 atom stereocenters. The van der Waals surface area contributed by atoms with Gasteiger partial charge < -0.3 is 5.32 Å². The van der Waals surface area contributed by atoms with E-state index in [9.17, 15) is 0 Å². The third-order valence-electron chi connectivity index (χ3n) is 10.4. The smallest absolute Gasteiger partial charge is 0.150 e. The summed E-state index contributed by atoms with van der Waals surface area (Å²) in [5.74, 6) is 3.93. The third-order valence-corrected chi connectivity index (χ3v) is 10.4. The summed E-state index contributed by atoms with van der Waals surface area (Å²) in [4.78, 5) is 14.7. The summed E-state index contributed by atoms with van der Waals surface area (Å²) in [6.07, 6.45) is 34.7. The lowest BCUT2D eigenvalue weighted by atomic mass is 9.69. The molecule has 1 aromatic carbocycles. The van der Waals surface area contributed by atoms with E-state index in [4.69, 9.17) is 9.98 Å². The number of hydrogen-bond donors (Lipinski definition) is 1. The van der Waals surface area contributed by atoms with E-state index in [1.54, 1.807) is 11.1 Å². The summed E-state index contributed by atoms with van der Waals surface area (Å²) >= 11 is 0. The minimum absolute atomic E-state index is 0.121. The van der Waals surface area contributed by atoms with Gasteiger partial charge in [0.1, 0.15) is 11.7 Å². The Bertz CT molecular complexity index is 1710. The summed E-state index contributed by atoms with van der Waals surface area (Å²) < 4.78 is 0. The van der Waals surface area contributed by atoms with Gasteiger partial charge in [-0.1, -0.05) is 117 Å². The van der Waals surface area contributed by atoms with Crippen LogP contribution in [0.5, 0.6) is 0 Å². The molecule has 8 rings (SSSR count). The van der Waals surface area contributed by atoms with Crippen molar-refractivity contribution in [1.82, 2.24) is 5.32 Å². The summed E-state index contributed by atoms with van der Waals surface area (Å²) in [6.45, 7) is 4.88. The van der Waals surface area contributed by atoms with Gasteiger partial charge in [0.25, 0.3) is 0 Å². The highest BCUT2D eigenvalue weighted by atomic mass is 15.2. The van der Waals surface area contributed by atoms with Crippen LogP contribution in [0.15, 0.2) is 152 Å². The minimum Gasteiger partial charge on any atom is -0.325 e. The molecule has 0 bridgehead atoms. The van der Waals surface area contributed by atoms with Gasteiger partial charge in [-0.25, -0.2) is 9.98 Å². The van der Waals surface area contributed by atoms with Crippen molar-refractivity contribution in [3.05, 3.63) is 143 Å². The van der Waals surface area contributed by atoms with Crippen molar-refractivity contribution in [2.45, 2.75) is 39.3 Å². The third kappa shape index (κ3) is 4.55. The quantitative estimate of drug-likeness (QED) is 0.388. The molecule has 2 aliphatic heterocycles. The first-order valence-corrected chi connectivity index (χ1v) is 15.8. The number of nitrogens with zero attached hydrogens (tertiary/aromatic N) is 3. The van der Waals surface area contributed by atoms with E-state index in [1.165, 1.54) is 16.7 Å². The Morgan fingerprint density at radius 1 is 0.837 bits per heavy atom. The normalized spacial score (nSPS) is 33.0. The highest BCUT2D eigenvalue weighted by molar-refractivity contribution is 6.16. The lowest BCUT2D eigenvalue weighted by Gasteiger charge is -2.36. The van der Waals surface area contributed by atoms with Crippen LogP contribution in [0.2, 0.25) is 0 Å². The van der Waals surface area contributed by atoms with Gasteiger partial charge in [0.15, 0.2) is 6.17 Å². The van der Waals surface area contributed by atoms with E-state index in [0.717, 1.165) is 36.5 Å². The lowest BCUT2D eigenvalue weighted by Crippen LogP contribution is -2.40. The van der Waals surface area contributed by atoms with E-state index in [2.05, 4.69) is 127 Å². The molecular formula is C39H38N4. The second-order valence-corrected chi connectivity index (χ2v) is 13.2. The van der Waals surface area contributed by atoms with Gasteiger partial charge in [-0.15, -0.1) is 0 Å². The Hall–Kier alpha value is -4.31. The molecule has 6 unspecified atom stereocenters. The summed E-state index contributed by atoms with van der Waals surface area (Å²) in [5, 5.41) is 3.66. The molecule has 4 nitrogen and oxygen atoms in total. The zero-order chi connectivity index (χ0) is 29.0. The Morgan fingerprint density at radius 2 is 1.65 bits per heavy atom. The fourth-order valence-electron chi connectivity index (χ4n) is 7.99. The maximum atomic E-state index is 5.27. The standard InChI is InChI=1S/C39H38N4/c1-39(2)34-16-10-9-15-31(34)32-20-17-27(22-35(32)39)33-21-28(18-19-30(33)29-23-40-24-29)38-42-36(25-11-5-3-6-12-25)41-37(43-38)26-13-7-4-8-14-26/h3-13,15-16,18-20,22-24,26-27,31,33-34,37H,14,17,21H2,1-2H3,(H,41,42,43). The summed E-state index contributed by atoms with van der Waals surface area (Å²) in [6, 6.07) is 10.5. The number of allylic oxidation sites excluding steroid dienone is 15. The Morgan fingerprint density at radius 3 is 2.44 bits per heavy atom. The van der Waals surface area contributed by atoms with E-state index in [-0.39, 0.29) is 17.5 Å². The van der Waals surface area contributed by atoms with E-state index in [1.807, 2.05) is 12.4 Å². The molecular weight excluding hydrogens is 524 g/mol. The lowest BCUT2D eigenvalue weighted by molar-refractivity contribution is 0.330. The van der Waals surface area contributed by atoms with Gasteiger partial charge in [-0.2, -0.15) is 0 Å². The van der Waals surface area contributed by atoms with Crippen LogP contribution in [0.25, 0.3) is 0 Å². The topological polar surface area (TPSA) is 49.1 Å². The molecule has 1 saturated carbocycles. The van der Waals surface area contributed by atoms with Crippen LogP contribution in [0, 0.1) is 35.0 Å². The molecule has 0 radical (unpaired) electrons. The molecule has 0 aromatic heterocycles. The van der Waals surface area contributed by atoms with E-state index in [0.29, 0.717) is 23.7 Å². The van der Waals surface area contributed by atoms with E-state index >= 15 is 0 Å². The Labute approximate surface area is 254 Å². The fraction of sp³-hybridized carbons (Fsp3) is 0.308. The van der Waals surface area contributed by atoms with Crippen molar-refractivity contribution in [3.8, 4) is 0 Å². The predicted molar refractivity (Wildman–Crippen MR) is 178 cm³/mol. The van der Waals surface area contributed by atoms with Crippen LogP contribution < -0.4 is 5.32 Å². The van der Waals surface area contributed by atoms with Gasteiger partial charge in [-0.05, 0) is 64.7 Å². The van der Waals surface area contributed by atoms with Gasteiger partial charge in [0.2, 0.25) is 0 Å². The zero-order valence-electron chi connectivity index (χ0n) is 24.9. The van der Waals surface area contributed by atoms with Crippen molar-refractivity contribution in [2.24, 2.45) is 50.0 Å². The van der Waals surface area contributed by atoms with Crippen LogP contribution in [-0.2, 0) is 0 Å². The molecule has 5 aliphatic carbocycles. The molecule has 0 saturated heterocycles. The SMILES string of the molecule is CC1(C)C2=CC(C3CC(C4=NC(C5C=CC=CC5)N=C(c5ccccc5)N4)=CC=C3C3=CN=C3)CC=C2C2C=CC=CC21. The van der Waals surface area contributed by atoms with Crippen LogP contribution in [0.1, 0.15) is 38.7 Å². The van der Waals surface area contributed by atoms with Crippen molar-refractivity contribution in [3.63, 3.8) is 0 Å². The molecule has 214 valence electrons. The van der Waals surface area contributed by atoms with Gasteiger partial charge in [0.05, 0.1) is 0 Å². The number of hydrogen-bond acceptors (Lipinski definition) is 4. The molecule has 2 heterocycles. The molecule has 0 amide bonds. The fourth-order valence-corrected chi connectivity index (χ4v) is 7.99. The Kier molecular flexibility index (Phi) is 6.40. The molecule has 1 aromatic rings. The molecule has 7 aliphatic rings. The van der Waals surface area contributed by atoms with Crippen LogP contribution in [0.4, 0.5) is 0 Å². The second-order valence-electron chi connectivity index (χ2n) is 13.2. The van der Waals surface area contributed by atoms with Crippen molar-refractivity contribution >= 4 is 17.9 Å². The average molecular weight is 563 g/mol. The largest absolute Gasteiger partial charge is 0.325 e. The monoisotopic (exact) mass is 562 g/mol. The highest BCUT2D eigenvalue weighted by Crippen LogP contribution is 2.58. The number of aliphatic imine (C=N–C) groups is 3. The summed E-state index contributed by atoms with van der Waals surface area (Å²) in [7, 11) is 0. The van der Waals surface area contributed by atoms with Crippen LogP contribution in [-0.4, -0.2) is 24.1 Å². The van der Waals surface area contributed by atoms with Crippen LogP contribution in [0.3, 0.4) is 0 Å². The second kappa shape index (κ2) is 10.4. The minimum atomic E-state index is -0.148. The maximum absolute atomic E-state index is 5.27. The molecule has 43 heavy (non-hydrogen) atoms. The van der Waals surface area contributed by atoms with E-state index < -0.39 is 0 Å². The molecule has 0 spiro atoms. The van der Waals surface area contributed by atoms with Gasteiger partial charge in [0, 0.05) is 35.4 Å². The Balaban J connectivity index is 1.13. The van der Waals surface area contributed by atoms with Crippen molar-refractivity contribution in [1.29, 1.82) is 0 Å². The van der Waals surface area contributed by atoms with Crippen molar-refractivity contribution in [2.75, 3.05) is 0 Å². The average Bonchev–Trinajstić information content (AvgIpc) is 3.27. The molecule has 1 fully saturated rings. The number of nitrogens with one attached hydrogen (secondary N) is 1. The molecule has 4 heteroatoms.